The number of hydrogen-bond acceptors (Lipinski definition) is 4. The molecule has 3 N–H and O–H groups in total. The molecule has 0 radical (unpaired) electrons. The Bertz CT molecular complexity index is 485. The van der Waals surface area contributed by atoms with E-state index >= 15 is 0 Å². The molecule has 1 rings (SSSR count). The van der Waals surface area contributed by atoms with E-state index in [0.717, 1.165) is 6.42 Å². The number of methoxy groups -OCH3 is 1. The fourth-order valence-corrected chi connectivity index (χ4v) is 2.75. The highest BCUT2D eigenvalue weighted by atomic mass is 32.2. The zero-order valence-corrected chi connectivity index (χ0v) is 11.0. The van der Waals surface area contributed by atoms with Gasteiger partial charge in [-0.3, -0.25) is 0 Å². The third kappa shape index (κ3) is 3.34. The van der Waals surface area contributed by atoms with E-state index in [1.165, 1.54) is 19.2 Å². The van der Waals surface area contributed by atoms with Gasteiger partial charge in [-0.2, -0.15) is 0 Å². The number of ether oxygens (including phenoxy) is 1. The largest absolute Gasteiger partial charge is 0.497 e. The number of nitrogen functional groups attached to an aromatic ring is 1. The molecule has 0 bridgehead atoms. The van der Waals surface area contributed by atoms with Crippen molar-refractivity contribution in [2.45, 2.75) is 31.2 Å². The van der Waals surface area contributed by atoms with Gasteiger partial charge < -0.3 is 10.5 Å². The molecule has 0 amide bonds. The van der Waals surface area contributed by atoms with Gasteiger partial charge in [-0.15, -0.1) is 0 Å². The van der Waals surface area contributed by atoms with Gasteiger partial charge in [-0.25, -0.2) is 13.1 Å². The average molecular weight is 258 g/mol. The summed E-state index contributed by atoms with van der Waals surface area (Å²) in [4.78, 5) is 0.0820. The second kappa shape index (κ2) is 5.37. The molecule has 0 aliphatic heterocycles. The minimum absolute atomic E-state index is 0.0820. The second-order valence-corrected chi connectivity index (χ2v) is 5.52. The Morgan fingerprint density at radius 3 is 2.59 bits per heavy atom. The molecule has 0 aliphatic rings. The summed E-state index contributed by atoms with van der Waals surface area (Å²) in [7, 11) is -2.06. The maximum atomic E-state index is 12.0. The Kier molecular flexibility index (Phi) is 4.36. The molecular weight excluding hydrogens is 240 g/mol. The molecule has 0 fully saturated rings. The minimum atomic E-state index is -3.56. The Labute approximate surface area is 102 Å². The Hall–Kier alpha value is -1.27. The van der Waals surface area contributed by atoms with Crippen molar-refractivity contribution in [3.05, 3.63) is 18.2 Å². The number of sulfonamides is 1. The lowest BCUT2D eigenvalue weighted by molar-refractivity contribution is 0.414. The van der Waals surface area contributed by atoms with Crippen molar-refractivity contribution >= 4 is 15.7 Å². The quantitative estimate of drug-likeness (QED) is 0.781. The lowest BCUT2D eigenvalue weighted by Gasteiger charge is -2.14. The van der Waals surface area contributed by atoms with E-state index in [4.69, 9.17) is 10.5 Å². The van der Waals surface area contributed by atoms with Crippen LogP contribution in [0.3, 0.4) is 0 Å². The van der Waals surface area contributed by atoms with E-state index in [1.807, 2.05) is 6.92 Å². The highest BCUT2D eigenvalue weighted by Gasteiger charge is 2.19. The third-order valence-electron chi connectivity index (χ3n) is 2.48. The summed E-state index contributed by atoms with van der Waals surface area (Å²) >= 11 is 0. The summed E-state index contributed by atoms with van der Waals surface area (Å²) < 4.78 is 31.5. The van der Waals surface area contributed by atoms with E-state index < -0.39 is 10.0 Å². The van der Waals surface area contributed by atoms with Crippen LogP contribution in [-0.2, 0) is 10.0 Å². The molecule has 1 unspecified atom stereocenters. The topological polar surface area (TPSA) is 81.4 Å². The number of hydrogen-bond donors (Lipinski definition) is 2. The van der Waals surface area contributed by atoms with Gasteiger partial charge in [0.25, 0.3) is 0 Å². The molecule has 1 aromatic rings. The number of rotatable bonds is 5. The van der Waals surface area contributed by atoms with Crippen LogP contribution in [0.4, 0.5) is 5.69 Å². The molecule has 0 aliphatic carbocycles. The maximum Gasteiger partial charge on any atom is 0.242 e. The Balaban J connectivity index is 3.07. The first-order chi connectivity index (χ1) is 7.90. The summed E-state index contributed by atoms with van der Waals surface area (Å²) in [6, 6.07) is 4.38. The molecule has 5 nitrogen and oxygen atoms in total. The smallest absolute Gasteiger partial charge is 0.242 e. The maximum absolute atomic E-state index is 12.0. The molecule has 1 atom stereocenters. The van der Waals surface area contributed by atoms with Crippen molar-refractivity contribution in [3.8, 4) is 5.75 Å². The molecule has 6 heteroatoms. The average Bonchev–Trinajstić information content (AvgIpc) is 2.27. The van der Waals surface area contributed by atoms with Gasteiger partial charge >= 0.3 is 0 Å². The summed E-state index contributed by atoms with van der Waals surface area (Å²) in [6.07, 6.45) is 0.718. The van der Waals surface area contributed by atoms with Crippen LogP contribution in [0, 0.1) is 0 Å². The molecule has 1 aromatic carbocycles. The van der Waals surface area contributed by atoms with Crippen LogP contribution in [-0.4, -0.2) is 21.6 Å². The monoisotopic (exact) mass is 258 g/mol. The number of nitrogens with two attached hydrogens (primary N) is 1. The van der Waals surface area contributed by atoms with E-state index in [-0.39, 0.29) is 16.6 Å². The van der Waals surface area contributed by atoms with Gasteiger partial charge in [0, 0.05) is 12.1 Å². The SMILES string of the molecule is CCC(C)NS(=O)(=O)c1ccc(OC)cc1N. The van der Waals surface area contributed by atoms with E-state index in [0.29, 0.717) is 5.75 Å². The van der Waals surface area contributed by atoms with Gasteiger partial charge in [-0.05, 0) is 25.5 Å². The van der Waals surface area contributed by atoms with E-state index in [2.05, 4.69) is 4.72 Å². The van der Waals surface area contributed by atoms with Gasteiger partial charge in [0.05, 0.1) is 12.8 Å². The van der Waals surface area contributed by atoms with Crippen molar-refractivity contribution < 1.29 is 13.2 Å². The second-order valence-electron chi connectivity index (χ2n) is 3.83. The molecule has 0 aromatic heterocycles. The lowest BCUT2D eigenvalue weighted by atomic mass is 10.3. The normalized spacial score (nSPS) is 13.4. The summed E-state index contributed by atoms with van der Waals surface area (Å²) in [5, 5.41) is 0. The van der Waals surface area contributed by atoms with Crippen molar-refractivity contribution in [2.24, 2.45) is 0 Å². The van der Waals surface area contributed by atoms with Crippen LogP contribution in [0.25, 0.3) is 0 Å². The van der Waals surface area contributed by atoms with Crippen molar-refractivity contribution in [1.29, 1.82) is 0 Å². The highest BCUT2D eigenvalue weighted by molar-refractivity contribution is 7.89. The highest BCUT2D eigenvalue weighted by Crippen LogP contribution is 2.23. The van der Waals surface area contributed by atoms with Gasteiger partial charge in [0.1, 0.15) is 10.6 Å². The van der Waals surface area contributed by atoms with Crippen LogP contribution in [0.5, 0.6) is 5.75 Å². The number of benzene rings is 1. The van der Waals surface area contributed by atoms with Crippen LogP contribution in [0.1, 0.15) is 20.3 Å². The van der Waals surface area contributed by atoms with E-state index in [1.54, 1.807) is 13.0 Å². The Morgan fingerprint density at radius 1 is 1.47 bits per heavy atom. The fraction of sp³-hybridized carbons (Fsp3) is 0.455. The van der Waals surface area contributed by atoms with Crippen LogP contribution >= 0.6 is 0 Å². The number of nitrogens with one attached hydrogen (secondary N) is 1. The molecular formula is C11H18N2O3S. The van der Waals surface area contributed by atoms with E-state index in [9.17, 15) is 8.42 Å². The first kappa shape index (κ1) is 13.8. The first-order valence-electron chi connectivity index (χ1n) is 5.36. The van der Waals surface area contributed by atoms with Gasteiger partial charge in [0.2, 0.25) is 10.0 Å². The van der Waals surface area contributed by atoms with Gasteiger partial charge in [-0.1, -0.05) is 6.92 Å². The first-order valence-corrected chi connectivity index (χ1v) is 6.85. The molecule has 96 valence electrons. The van der Waals surface area contributed by atoms with Crippen molar-refractivity contribution in [1.82, 2.24) is 4.72 Å². The number of anilines is 1. The van der Waals surface area contributed by atoms with Crippen LogP contribution < -0.4 is 15.2 Å². The van der Waals surface area contributed by atoms with Gasteiger partial charge in [0.15, 0.2) is 0 Å². The Morgan fingerprint density at radius 2 is 2.12 bits per heavy atom. The predicted molar refractivity (Wildman–Crippen MR) is 67.5 cm³/mol. The fourth-order valence-electron chi connectivity index (χ4n) is 1.31. The zero-order chi connectivity index (χ0) is 13.1. The lowest BCUT2D eigenvalue weighted by Crippen LogP contribution is -2.32. The molecule has 17 heavy (non-hydrogen) atoms. The van der Waals surface area contributed by atoms with Crippen molar-refractivity contribution in [2.75, 3.05) is 12.8 Å². The molecule has 0 spiro atoms. The van der Waals surface area contributed by atoms with Crippen LogP contribution in [0.2, 0.25) is 0 Å². The van der Waals surface area contributed by atoms with Crippen LogP contribution in [0.15, 0.2) is 23.1 Å². The summed E-state index contributed by atoms with van der Waals surface area (Å²) in [5.41, 5.74) is 5.88. The predicted octanol–water partition coefficient (Wildman–Crippen LogP) is 1.35. The molecule has 0 saturated carbocycles. The zero-order valence-electron chi connectivity index (χ0n) is 10.2. The summed E-state index contributed by atoms with van der Waals surface area (Å²) in [6.45, 7) is 3.71. The third-order valence-corrected chi connectivity index (χ3v) is 4.14. The standard InChI is InChI=1S/C11H18N2O3S/c1-4-8(2)13-17(14,15)11-6-5-9(16-3)7-10(11)12/h5-8,13H,4,12H2,1-3H3. The summed E-state index contributed by atoms with van der Waals surface area (Å²) in [5.74, 6) is 0.532. The minimum Gasteiger partial charge on any atom is -0.497 e. The molecule has 0 heterocycles. The molecule has 0 saturated heterocycles. The van der Waals surface area contributed by atoms with Crippen molar-refractivity contribution in [3.63, 3.8) is 0 Å².